The summed E-state index contributed by atoms with van der Waals surface area (Å²) in [5, 5.41) is 12.2. The first-order valence-electron chi connectivity index (χ1n) is 7.79. The summed E-state index contributed by atoms with van der Waals surface area (Å²) >= 11 is 0. The van der Waals surface area contributed by atoms with E-state index in [2.05, 4.69) is 5.32 Å². The fourth-order valence-electron chi connectivity index (χ4n) is 2.45. The van der Waals surface area contributed by atoms with Gasteiger partial charge in [-0.2, -0.15) is 13.2 Å². The smallest absolute Gasteiger partial charge is 0.419 e. The van der Waals surface area contributed by atoms with E-state index in [0.29, 0.717) is 12.4 Å². The summed E-state index contributed by atoms with van der Waals surface area (Å²) in [6, 6.07) is 6.51. The number of hydrogen-bond acceptors (Lipinski definition) is 3. The second-order valence-electron chi connectivity index (χ2n) is 5.86. The van der Waals surface area contributed by atoms with Crippen molar-refractivity contribution >= 4 is 6.03 Å². The van der Waals surface area contributed by atoms with Crippen LogP contribution in [-0.4, -0.2) is 47.5 Å². The van der Waals surface area contributed by atoms with Crippen LogP contribution in [0.15, 0.2) is 24.3 Å². The molecule has 0 unspecified atom stereocenters. The Labute approximate surface area is 138 Å². The standard InChI is InChI=1S/C16H21F3N2O3/c1-2-8-24-13-5-3-4-12(9-13)10-20-14(22)21-7-6-15(23,11-21)16(17,18)19/h3-5,9,23H,2,6-8,10-11H2,1H3,(H,20,22)/t15-/m1/s1. The number of aliphatic hydroxyl groups is 1. The van der Waals surface area contributed by atoms with Crippen molar-refractivity contribution in [3.05, 3.63) is 29.8 Å². The van der Waals surface area contributed by atoms with Crippen LogP contribution in [0.2, 0.25) is 0 Å². The van der Waals surface area contributed by atoms with Crippen LogP contribution in [0.3, 0.4) is 0 Å². The third-order valence-electron chi connectivity index (χ3n) is 3.88. The normalized spacial score (nSPS) is 21.0. The first-order chi connectivity index (χ1) is 11.2. The van der Waals surface area contributed by atoms with Gasteiger partial charge in [0.15, 0.2) is 5.60 Å². The average Bonchev–Trinajstić information content (AvgIpc) is 2.95. The zero-order chi connectivity index (χ0) is 17.8. The number of benzene rings is 1. The molecule has 24 heavy (non-hydrogen) atoms. The molecule has 1 saturated heterocycles. The first-order valence-corrected chi connectivity index (χ1v) is 7.79. The minimum atomic E-state index is -4.74. The van der Waals surface area contributed by atoms with Gasteiger partial charge in [0.1, 0.15) is 5.75 Å². The number of ether oxygens (including phenoxy) is 1. The monoisotopic (exact) mass is 346 g/mol. The highest BCUT2D eigenvalue weighted by Crippen LogP contribution is 2.37. The molecule has 1 heterocycles. The molecule has 1 aromatic rings. The molecule has 2 N–H and O–H groups in total. The van der Waals surface area contributed by atoms with Crippen molar-refractivity contribution in [3.63, 3.8) is 0 Å². The fraction of sp³-hybridized carbons (Fsp3) is 0.562. The SMILES string of the molecule is CCCOc1cccc(CNC(=O)N2CC[C@](O)(C(F)(F)F)C2)c1. The number of carbonyl (C=O) groups is 1. The molecule has 1 aliphatic rings. The molecule has 1 aliphatic heterocycles. The third kappa shape index (κ3) is 4.31. The molecule has 2 rings (SSSR count). The number of rotatable bonds is 5. The van der Waals surface area contributed by atoms with E-state index >= 15 is 0 Å². The Hall–Kier alpha value is -1.96. The van der Waals surface area contributed by atoms with Crippen molar-refractivity contribution in [2.24, 2.45) is 0 Å². The van der Waals surface area contributed by atoms with Gasteiger partial charge in [-0.25, -0.2) is 4.79 Å². The van der Waals surface area contributed by atoms with Crippen LogP contribution in [0.4, 0.5) is 18.0 Å². The van der Waals surface area contributed by atoms with E-state index in [9.17, 15) is 23.1 Å². The van der Waals surface area contributed by atoms with Crippen LogP contribution in [0.25, 0.3) is 0 Å². The molecule has 8 heteroatoms. The van der Waals surface area contributed by atoms with Crippen molar-refractivity contribution in [2.45, 2.75) is 38.1 Å². The Morgan fingerprint density at radius 3 is 2.83 bits per heavy atom. The summed E-state index contributed by atoms with van der Waals surface area (Å²) in [4.78, 5) is 13.0. The maximum atomic E-state index is 12.8. The minimum Gasteiger partial charge on any atom is -0.494 e. The van der Waals surface area contributed by atoms with Gasteiger partial charge in [0.25, 0.3) is 0 Å². The summed E-state index contributed by atoms with van der Waals surface area (Å²) in [6.07, 6.45) is -4.38. The molecule has 134 valence electrons. The largest absolute Gasteiger partial charge is 0.494 e. The second-order valence-corrected chi connectivity index (χ2v) is 5.86. The van der Waals surface area contributed by atoms with E-state index in [1.165, 1.54) is 0 Å². The number of halogens is 3. The van der Waals surface area contributed by atoms with Gasteiger partial charge in [-0.1, -0.05) is 19.1 Å². The average molecular weight is 346 g/mol. The number of hydrogen-bond donors (Lipinski definition) is 2. The van der Waals surface area contributed by atoms with Gasteiger partial charge in [-0.05, 0) is 24.1 Å². The molecule has 2 amide bonds. The quantitative estimate of drug-likeness (QED) is 0.862. The molecule has 0 aliphatic carbocycles. The Morgan fingerprint density at radius 2 is 2.21 bits per heavy atom. The lowest BCUT2D eigenvalue weighted by Crippen LogP contribution is -2.49. The van der Waals surface area contributed by atoms with Gasteiger partial charge in [-0.15, -0.1) is 0 Å². The molecule has 1 fully saturated rings. The number of amides is 2. The highest BCUT2D eigenvalue weighted by molar-refractivity contribution is 5.74. The lowest BCUT2D eigenvalue weighted by molar-refractivity contribution is -0.253. The predicted octanol–water partition coefficient (Wildman–Crippen LogP) is 2.68. The van der Waals surface area contributed by atoms with E-state index in [1.807, 2.05) is 6.92 Å². The Balaban J connectivity index is 1.88. The molecular formula is C16H21F3N2O3. The van der Waals surface area contributed by atoms with Crippen LogP contribution in [0.1, 0.15) is 25.3 Å². The topological polar surface area (TPSA) is 61.8 Å². The summed E-state index contributed by atoms with van der Waals surface area (Å²) in [5.74, 6) is 0.677. The summed E-state index contributed by atoms with van der Waals surface area (Å²) in [5.41, 5.74) is -2.04. The van der Waals surface area contributed by atoms with Crippen molar-refractivity contribution < 1.29 is 27.8 Å². The van der Waals surface area contributed by atoms with E-state index < -0.39 is 30.8 Å². The molecule has 5 nitrogen and oxygen atoms in total. The molecule has 0 radical (unpaired) electrons. The van der Waals surface area contributed by atoms with Crippen molar-refractivity contribution in [2.75, 3.05) is 19.7 Å². The maximum absolute atomic E-state index is 12.8. The molecule has 0 saturated carbocycles. The summed E-state index contributed by atoms with van der Waals surface area (Å²) in [7, 11) is 0. The number of alkyl halides is 3. The highest BCUT2D eigenvalue weighted by Gasteiger charge is 2.57. The minimum absolute atomic E-state index is 0.137. The van der Waals surface area contributed by atoms with Gasteiger partial charge in [0.05, 0.1) is 13.2 Å². The van der Waals surface area contributed by atoms with E-state index in [-0.39, 0.29) is 13.1 Å². The lowest BCUT2D eigenvalue weighted by Gasteiger charge is -2.26. The van der Waals surface area contributed by atoms with Gasteiger partial charge in [0.2, 0.25) is 0 Å². The van der Waals surface area contributed by atoms with Crippen molar-refractivity contribution in [1.29, 1.82) is 0 Å². The Bertz CT molecular complexity index is 580. The lowest BCUT2D eigenvalue weighted by atomic mass is 10.0. The molecule has 1 atom stereocenters. The van der Waals surface area contributed by atoms with Crippen LogP contribution in [0, 0.1) is 0 Å². The van der Waals surface area contributed by atoms with E-state index in [4.69, 9.17) is 4.74 Å². The number of nitrogens with zero attached hydrogens (tertiary/aromatic N) is 1. The zero-order valence-corrected chi connectivity index (χ0v) is 13.4. The molecule has 0 aromatic heterocycles. The first kappa shape index (κ1) is 18.4. The van der Waals surface area contributed by atoms with Gasteiger partial charge < -0.3 is 20.1 Å². The fourth-order valence-corrected chi connectivity index (χ4v) is 2.45. The summed E-state index contributed by atoms with van der Waals surface area (Å²) < 4.78 is 43.8. The number of urea groups is 1. The van der Waals surface area contributed by atoms with Crippen LogP contribution >= 0.6 is 0 Å². The molecule has 0 spiro atoms. The second kappa shape index (κ2) is 7.29. The third-order valence-corrected chi connectivity index (χ3v) is 3.88. The van der Waals surface area contributed by atoms with Crippen LogP contribution in [0.5, 0.6) is 5.75 Å². The Kier molecular flexibility index (Phi) is 5.58. The Morgan fingerprint density at radius 1 is 1.46 bits per heavy atom. The molecule has 1 aromatic carbocycles. The number of nitrogens with one attached hydrogen (secondary N) is 1. The summed E-state index contributed by atoms with van der Waals surface area (Å²) in [6.45, 7) is 1.86. The molecular weight excluding hydrogens is 325 g/mol. The highest BCUT2D eigenvalue weighted by atomic mass is 19.4. The van der Waals surface area contributed by atoms with Crippen LogP contribution < -0.4 is 10.1 Å². The van der Waals surface area contributed by atoms with E-state index in [0.717, 1.165) is 16.9 Å². The van der Waals surface area contributed by atoms with Gasteiger partial charge >= 0.3 is 12.2 Å². The zero-order valence-electron chi connectivity index (χ0n) is 13.4. The van der Waals surface area contributed by atoms with Crippen molar-refractivity contribution in [1.82, 2.24) is 10.2 Å². The maximum Gasteiger partial charge on any atom is 0.419 e. The number of β-amino-alcohol motifs (C(OH)–C–C–N with tert-alkyl or cyclic N) is 1. The van der Waals surface area contributed by atoms with Gasteiger partial charge in [0, 0.05) is 19.5 Å². The molecule has 0 bridgehead atoms. The number of carbonyl (C=O) groups excluding carboxylic acids is 1. The van der Waals surface area contributed by atoms with Crippen LogP contribution in [-0.2, 0) is 6.54 Å². The van der Waals surface area contributed by atoms with Crippen molar-refractivity contribution in [3.8, 4) is 5.75 Å². The van der Waals surface area contributed by atoms with Gasteiger partial charge in [-0.3, -0.25) is 0 Å². The number of likely N-dealkylation sites (tertiary alicyclic amines) is 1. The predicted molar refractivity (Wildman–Crippen MR) is 81.7 cm³/mol. The van der Waals surface area contributed by atoms with E-state index in [1.54, 1.807) is 24.3 Å².